The van der Waals surface area contributed by atoms with Crippen LogP contribution in [-0.2, 0) is 23.9 Å². The number of aliphatic hydroxyl groups is 2. The Morgan fingerprint density at radius 1 is 1.14 bits per heavy atom. The number of hydrogen-bond donors (Lipinski definition) is 5. The van der Waals surface area contributed by atoms with Gasteiger partial charge in [0, 0.05) is 13.0 Å². The summed E-state index contributed by atoms with van der Waals surface area (Å²) in [5.74, 6) is -3.12. The maximum Gasteiger partial charge on any atom is 0.449 e. The minimum atomic E-state index is -4.95. The number of halogens is 3. The fourth-order valence-corrected chi connectivity index (χ4v) is 4.12. The van der Waals surface area contributed by atoms with Crippen LogP contribution in [-0.4, -0.2) is 98.2 Å². The van der Waals surface area contributed by atoms with Crippen molar-refractivity contribution in [1.82, 2.24) is 24.8 Å². The van der Waals surface area contributed by atoms with Gasteiger partial charge in [-0.05, 0) is 18.6 Å². The fourth-order valence-electron chi connectivity index (χ4n) is 4.12. The molecule has 3 heterocycles. The van der Waals surface area contributed by atoms with Gasteiger partial charge in [-0.2, -0.15) is 18.2 Å². The molecule has 0 bridgehead atoms. The maximum atomic E-state index is 12.6. The number of benzene rings is 1. The average Bonchev–Trinajstić information content (AvgIpc) is 3.53. The van der Waals surface area contributed by atoms with Gasteiger partial charge < -0.3 is 29.7 Å². The summed E-state index contributed by atoms with van der Waals surface area (Å²) in [5.41, 5.74) is -0.971. The van der Waals surface area contributed by atoms with Crippen LogP contribution >= 0.6 is 0 Å². The van der Waals surface area contributed by atoms with Gasteiger partial charge in [-0.3, -0.25) is 34.0 Å². The minimum Gasteiger partial charge on any atom is -0.484 e. The Kier molecular flexibility index (Phi) is 10.1. The number of imidazole rings is 1. The first-order valence-electron chi connectivity index (χ1n) is 12.8. The van der Waals surface area contributed by atoms with Crippen molar-refractivity contribution in [1.29, 1.82) is 0 Å². The molecule has 5 N–H and O–H groups in total. The number of fused-ring (bicyclic) bond motifs is 1. The molecule has 1 aromatic carbocycles. The molecular weight excluding hydrogens is 585 g/mol. The number of aliphatic hydroxyl groups excluding tert-OH is 2. The van der Waals surface area contributed by atoms with Gasteiger partial charge in [0.15, 0.2) is 24.0 Å². The molecule has 15 nitrogen and oxygen atoms in total. The highest BCUT2D eigenvalue weighted by Crippen LogP contribution is 2.33. The Morgan fingerprint density at radius 2 is 1.88 bits per heavy atom. The molecule has 1 fully saturated rings. The van der Waals surface area contributed by atoms with E-state index in [0.29, 0.717) is 5.75 Å². The van der Waals surface area contributed by atoms with E-state index in [-0.39, 0.29) is 30.1 Å². The zero-order chi connectivity index (χ0) is 31.1. The Morgan fingerprint density at radius 3 is 2.58 bits per heavy atom. The highest BCUT2D eigenvalue weighted by Gasteiger charge is 2.46. The van der Waals surface area contributed by atoms with Gasteiger partial charge in [-0.15, -0.1) is 0 Å². The van der Waals surface area contributed by atoms with E-state index in [4.69, 9.17) is 14.2 Å². The molecule has 0 saturated carbocycles. The molecule has 1 aliphatic rings. The maximum absolute atomic E-state index is 12.6. The number of carbonyl (C=O) groups is 3. The number of para-hydroxylation sites is 1. The van der Waals surface area contributed by atoms with Gasteiger partial charge in [-0.25, -0.2) is 4.98 Å². The third-order valence-electron chi connectivity index (χ3n) is 6.20. The molecule has 2 amide bonds. The van der Waals surface area contributed by atoms with E-state index in [1.54, 1.807) is 30.3 Å². The van der Waals surface area contributed by atoms with Crippen LogP contribution in [0.15, 0.2) is 41.5 Å². The number of H-pyrrole nitrogens is 1. The van der Waals surface area contributed by atoms with E-state index in [1.165, 1.54) is 4.57 Å². The van der Waals surface area contributed by atoms with Crippen molar-refractivity contribution in [3.63, 3.8) is 0 Å². The molecule has 0 aliphatic carbocycles. The van der Waals surface area contributed by atoms with Crippen molar-refractivity contribution >= 4 is 34.7 Å². The molecule has 1 unspecified atom stereocenters. The number of anilines is 1. The first-order chi connectivity index (χ1) is 20.5. The molecule has 232 valence electrons. The van der Waals surface area contributed by atoms with Crippen molar-refractivity contribution in [3.8, 4) is 5.75 Å². The number of ketones is 1. The summed E-state index contributed by atoms with van der Waals surface area (Å²) in [4.78, 5) is 58.7. The van der Waals surface area contributed by atoms with Crippen LogP contribution in [0.2, 0.25) is 0 Å². The number of nitrogens with zero attached hydrogens (tertiary/aromatic N) is 3. The fraction of sp³-hybridized carbons (Fsp3) is 0.440. The number of nitrogens with one attached hydrogen (secondary N) is 3. The van der Waals surface area contributed by atoms with E-state index in [9.17, 15) is 42.6 Å². The van der Waals surface area contributed by atoms with E-state index < -0.39 is 80.1 Å². The van der Waals surface area contributed by atoms with Gasteiger partial charge in [0.2, 0.25) is 17.6 Å². The van der Waals surface area contributed by atoms with Crippen LogP contribution in [0, 0.1) is 0 Å². The SMILES string of the molecule is O=C(CO[C@H]1C(O)[C@@H](CO)O[C@H]1n1cnc2c(=O)[nH]c(NC(=O)COc3ccccc3)nc21)NCCCC(=O)C(F)(F)F. The van der Waals surface area contributed by atoms with E-state index in [0.717, 1.165) is 6.33 Å². The van der Waals surface area contributed by atoms with Crippen molar-refractivity contribution < 1.29 is 52.0 Å². The molecule has 0 radical (unpaired) electrons. The van der Waals surface area contributed by atoms with Crippen LogP contribution in [0.3, 0.4) is 0 Å². The second kappa shape index (κ2) is 13.7. The number of amides is 2. The second-order valence-corrected chi connectivity index (χ2v) is 9.28. The van der Waals surface area contributed by atoms with Gasteiger partial charge in [0.05, 0.1) is 12.9 Å². The van der Waals surface area contributed by atoms with E-state index >= 15 is 0 Å². The van der Waals surface area contributed by atoms with Crippen LogP contribution in [0.25, 0.3) is 11.2 Å². The van der Waals surface area contributed by atoms with Crippen LogP contribution in [0.5, 0.6) is 5.75 Å². The lowest BCUT2D eigenvalue weighted by atomic mass is 10.1. The smallest absolute Gasteiger partial charge is 0.449 e. The summed E-state index contributed by atoms with van der Waals surface area (Å²) in [6.07, 6.45) is -10.0. The first-order valence-corrected chi connectivity index (χ1v) is 12.8. The van der Waals surface area contributed by atoms with E-state index in [1.807, 2.05) is 0 Å². The number of hydrogen-bond acceptors (Lipinski definition) is 11. The lowest BCUT2D eigenvalue weighted by Gasteiger charge is -2.22. The Bertz CT molecular complexity index is 1500. The summed E-state index contributed by atoms with van der Waals surface area (Å²) in [7, 11) is 0. The Balaban J connectivity index is 1.42. The lowest BCUT2D eigenvalue weighted by Crippen LogP contribution is -2.38. The number of Topliss-reactive ketones (excluding diaryl/α,β-unsaturated/α-hetero) is 1. The summed E-state index contributed by atoms with van der Waals surface area (Å²) in [6, 6.07) is 8.52. The molecule has 4 atom stereocenters. The summed E-state index contributed by atoms with van der Waals surface area (Å²) < 4.78 is 54.7. The zero-order valence-electron chi connectivity index (χ0n) is 22.2. The second-order valence-electron chi connectivity index (χ2n) is 9.28. The first kappa shape index (κ1) is 31.5. The number of ether oxygens (including phenoxy) is 3. The molecule has 4 rings (SSSR count). The molecule has 43 heavy (non-hydrogen) atoms. The zero-order valence-corrected chi connectivity index (χ0v) is 22.2. The normalized spacial score (nSPS) is 20.2. The predicted molar refractivity (Wildman–Crippen MR) is 139 cm³/mol. The van der Waals surface area contributed by atoms with Gasteiger partial charge in [-0.1, -0.05) is 18.2 Å². The standard InChI is InChI=1S/C25H27F3N6O9/c26-25(27,28)15(36)7-4-8-29-16(37)10-42-20-19(39)14(9-35)43-23(20)34-12-30-18-21(34)32-24(33-22(18)40)31-17(38)11-41-13-5-2-1-3-6-13/h1-3,5-6,12,14,19-20,23,35,39H,4,7-11H2,(H,29,37)(H2,31,32,33,38,40)/t14-,19?,20+,23-/m1/s1. The number of carbonyl (C=O) groups excluding carboxylic acids is 3. The highest BCUT2D eigenvalue weighted by atomic mass is 19.4. The monoisotopic (exact) mass is 612 g/mol. The number of aromatic nitrogens is 4. The summed E-state index contributed by atoms with van der Waals surface area (Å²) in [6.45, 7) is -1.94. The van der Waals surface area contributed by atoms with Crippen LogP contribution in [0.1, 0.15) is 19.1 Å². The quantitative estimate of drug-likeness (QED) is 0.160. The lowest BCUT2D eigenvalue weighted by molar-refractivity contribution is -0.171. The molecule has 1 saturated heterocycles. The topological polar surface area (TPSA) is 207 Å². The summed E-state index contributed by atoms with van der Waals surface area (Å²) in [5, 5.41) is 25.0. The molecular formula is C25H27F3N6O9. The Hall–Kier alpha value is -4.39. The average molecular weight is 613 g/mol. The highest BCUT2D eigenvalue weighted by molar-refractivity contribution is 5.90. The third kappa shape index (κ3) is 7.92. The summed E-state index contributed by atoms with van der Waals surface area (Å²) >= 11 is 0. The Labute approximate surface area is 240 Å². The van der Waals surface area contributed by atoms with Crippen LogP contribution < -0.4 is 20.9 Å². The van der Waals surface area contributed by atoms with Crippen LogP contribution in [0.4, 0.5) is 19.1 Å². The number of aromatic amines is 1. The molecule has 1 aliphatic heterocycles. The molecule has 18 heteroatoms. The van der Waals surface area contributed by atoms with E-state index in [2.05, 4.69) is 25.6 Å². The number of rotatable bonds is 13. The van der Waals surface area contributed by atoms with Crippen molar-refractivity contribution in [2.75, 3.05) is 31.7 Å². The van der Waals surface area contributed by atoms with Crippen molar-refractivity contribution in [2.24, 2.45) is 0 Å². The van der Waals surface area contributed by atoms with Crippen molar-refractivity contribution in [2.45, 2.75) is 43.6 Å². The number of alkyl halides is 3. The third-order valence-corrected chi connectivity index (χ3v) is 6.20. The molecule has 0 spiro atoms. The van der Waals surface area contributed by atoms with Crippen molar-refractivity contribution in [3.05, 3.63) is 47.0 Å². The molecule has 2 aromatic heterocycles. The van der Waals surface area contributed by atoms with Gasteiger partial charge in [0.1, 0.15) is 30.7 Å². The minimum absolute atomic E-state index is 0.0915. The molecule has 3 aromatic rings. The predicted octanol–water partition coefficient (Wildman–Crippen LogP) is -0.199. The van der Waals surface area contributed by atoms with Gasteiger partial charge in [0.25, 0.3) is 11.5 Å². The van der Waals surface area contributed by atoms with Gasteiger partial charge >= 0.3 is 6.18 Å². The largest absolute Gasteiger partial charge is 0.484 e.